The molecule has 1 amide bonds. The van der Waals surface area contributed by atoms with Crippen molar-refractivity contribution in [2.24, 2.45) is 0 Å². The molecule has 116 valence electrons. The molecule has 0 radical (unpaired) electrons. The summed E-state index contributed by atoms with van der Waals surface area (Å²) < 4.78 is 0. The van der Waals surface area contributed by atoms with Crippen molar-refractivity contribution in [1.82, 2.24) is 10.3 Å². The predicted octanol–water partition coefficient (Wildman–Crippen LogP) is 3.78. The summed E-state index contributed by atoms with van der Waals surface area (Å²) in [6.45, 7) is 4.89. The molecule has 1 atom stereocenters. The Bertz CT molecular complexity index is 581. The van der Waals surface area contributed by atoms with E-state index in [1.165, 1.54) is 5.56 Å². The van der Waals surface area contributed by atoms with E-state index in [1.807, 2.05) is 24.3 Å². The van der Waals surface area contributed by atoms with Crippen LogP contribution in [0.4, 0.5) is 5.69 Å². The number of carbonyl (C=O) groups is 1. The van der Waals surface area contributed by atoms with Crippen molar-refractivity contribution in [3.05, 3.63) is 59.9 Å². The first-order valence-electron chi connectivity index (χ1n) is 7.76. The lowest BCUT2D eigenvalue weighted by atomic mass is 10.1. The first-order valence-corrected chi connectivity index (χ1v) is 7.76. The number of unbranched alkanes of at least 4 members (excludes halogenated alkanes) is 1. The summed E-state index contributed by atoms with van der Waals surface area (Å²) in [5.74, 6) is -0.115. The van der Waals surface area contributed by atoms with Gasteiger partial charge in [0.1, 0.15) is 5.69 Å². The molecule has 0 fully saturated rings. The number of anilines is 1. The number of hydrogen-bond donors (Lipinski definition) is 2. The van der Waals surface area contributed by atoms with Crippen LogP contribution in [0.2, 0.25) is 0 Å². The quantitative estimate of drug-likeness (QED) is 0.765. The van der Waals surface area contributed by atoms with Gasteiger partial charge in [-0.25, -0.2) is 4.98 Å². The Morgan fingerprint density at radius 1 is 1.18 bits per heavy atom. The van der Waals surface area contributed by atoms with Gasteiger partial charge in [0.15, 0.2) is 0 Å². The Morgan fingerprint density at radius 2 is 1.95 bits per heavy atom. The average molecular weight is 297 g/mol. The van der Waals surface area contributed by atoms with E-state index in [-0.39, 0.29) is 11.9 Å². The SMILES string of the molecule is CCCCNC(=O)c1ccc(NC(C)c2ccccc2)cn1. The molecular formula is C18H23N3O. The van der Waals surface area contributed by atoms with Gasteiger partial charge in [0, 0.05) is 12.6 Å². The van der Waals surface area contributed by atoms with Gasteiger partial charge in [-0.3, -0.25) is 4.79 Å². The molecule has 1 aromatic heterocycles. The lowest BCUT2D eigenvalue weighted by Crippen LogP contribution is -2.25. The van der Waals surface area contributed by atoms with E-state index in [0.29, 0.717) is 12.2 Å². The smallest absolute Gasteiger partial charge is 0.269 e. The molecule has 2 N–H and O–H groups in total. The second-order valence-electron chi connectivity index (χ2n) is 5.32. The highest BCUT2D eigenvalue weighted by Crippen LogP contribution is 2.18. The van der Waals surface area contributed by atoms with Crippen LogP contribution in [-0.4, -0.2) is 17.4 Å². The Kier molecular flexibility index (Phi) is 5.95. The van der Waals surface area contributed by atoms with E-state index in [9.17, 15) is 4.79 Å². The topological polar surface area (TPSA) is 54.0 Å². The van der Waals surface area contributed by atoms with Crippen LogP contribution < -0.4 is 10.6 Å². The van der Waals surface area contributed by atoms with Crippen LogP contribution in [0.5, 0.6) is 0 Å². The maximum Gasteiger partial charge on any atom is 0.269 e. The molecular weight excluding hydrogens is 274 g/mol. The van der Waals surface area contributed by atoms with E-state index in [2.05, 4.69) is 41.6 Å². The molecule has 1 heterocycles. The fourth-order valence-corrected chi connectivity index (χ4v) is 2.16. The first-order chi connectivity index (χ1) is 10.7. The Morgan fingerprint density at radius 3 is 2.59 bits per heavy atom. The summed E-state index contributed by atoms with van der Waals surface area (Å²) >= 11 is 0. The predicted molar refractivity (Wildman–Crippen MR) is 90.0 cm³/mol. The Labute approximate surface area is 132 Å². The fourth-order valence-electron chi connectivity index (χ4n) is 2.16. The van der Waals surface area contributed by atoms with Gasteiger partial charge in [0.05, 0.1) is 11.9 Å². The van der Waals surface area contributed by atoms with Crippen molar-refractivity contribution < 1.29 is 4.79 Å². The van der Waals surface area contributed by atoms with Gasteiger partial charge in [-0.05, 0) is 31.0 Å². The molecule has 0 bridgehead atoms. The summed E-state index contributed by atoms with van der Waals surface area (Å²) in [5, 5.41) is 6.25. The van der Waals surface area contributed by atoms with Crippen molar-refractivity contribution >= 4 is 11.6 Å². The van der Waals surface area contributed by atoms with Gasteiger partial charge in [0.2, 0.25) is 0 Å². The molecule has 0 saturated carbocycles. The number of carbonyl (C=O) groups excluding carboxylic acids is 1. The number of aromatic nitrogens is 1. The number of rotatable bonds is 7. The van der Waals surface area contributed by atoms with Gasteiger partial charge in [0.25, 0.3) is 5.91 Å². The zero-order chi connectivity index (χ0) is 15.8. The zero-order valence-corrected chi connectivity index (χ0v) is 13.2. The average Bonchev–Trinajstić information content (AvgIpc) is 2.56. The lowest BCUT2D eigenvalue weighted by molar-refractivity contribution is 0.0948. The number of amides is 1. The molecule has 0 aliphatic carbocycles. The second kappa shape index (κ2) is 8.17. The van der Waals surface area contributed by atoms with Gasteiger partial charge in [-0.2, -0.15) is 0 Å². The summed E-state index contributed by atoms with van der Waals surface area (Å²) in [7, 11) is 0. The molecule has 2 aromatic rings. The largest absolute Gasteiger partial charge is 0.377 e. The molecule has 1 unspecified atom stereocenters. The van der Waals surface area contributed by atoms with E-state index in [1.54, 1.807) is 12.3 Å². The molecule has 0 spiro atoms. The van der Waals surface area contributed by atoms with Crippen LogP contribution in [-0.2, 0) is 0 Å². The zero-order valence-electron chi connectivity index (χ0n) is 13.2. The minimum Gasteiger partial charge on any atom is -0.377 e. The second-order valence-corrected chi connectivity index (χ2v) is 5.32. The summed E-state index contributed by atoms with van der Waals surface area (Å²) in [6.07, 6.45) is 3.75. The number of pyridine rings is 1. The van der Waals surface area contributed by atoms with E-state index in [0.717, 1.165) is 18.5 Å². The monoisotopic (exact) mass is 297 g/mol. The third-order valence-electron chi connectivity index (χ3n) is 3.49. The van der Waals surface area contributed by atoms with Crippen molar-refractivity contribution in [2.45, 2.75) is 32.7 Å². The number of hydrogen-bond acceptors (Lipinski definition) is 3. The molecule has 0 aliphatic heterocycles. The van der Waals surface area contributed by atoms with Crippen molar-refractivity contribution in [1.29, 1.82) is 0 Å². The van der Waals surface area contributed by atoms with Crippen LogP contribution >= 0.6 is 0 Å². The minimum absolute atomic E-state index is 0.115. The third-order valence-corrected chi connectivity index (χ3v) is 3.49. The van der Waals surface area contributed by atoms with Crippen molar-refractivity contribution in [3.8, 4) is 0 Å². The first kappa shape index (κ1) is 16.0. The van der Waals surface area contributed by atoms with E-state index in [4.69, 9.17) is 0 Å². The third kappa shape index (κ3) is 4.58. The van der Waals surface area contributed by atoms with E-state index >= 15 is 0 Å². The lowest BCUT2D eigenvalue weighted by Gasteiger charge is -2.15. The summed E-state index contributed by atoms with van der Waals surface area (Å²) in [4.78, 5) is 16.1. The van der Waals surface area contributed by atoms with Crippen LogP contribution in [0, 0.1) is 0 Å². The highest BCUT2D eigenvalue weighted by Gasteiger charge is 2.08. The molecule has 0 saturated heterocycles. The number of nitrogens with one attached hydrogen (secondary N) is 2. The van der Waals surface area contributed by atoms with Gasteiger partial charge < -0.3 is 10.6 Å². The molecule has 22 heavy (non-hydrogen) atoms. The van der Waals surface area contributed by atoms with Gasteiger partial charge >= 0.3 is 0 Å². The molecule has 1 aromatic carbocycles. The summed E-state index contributed by atoms with van der Waals surface area (Å²) in [5.41, 5.74) is 2.57. The molecule has 4 heteroatoms. The maximum atomic E-state index is 11.9. The van der Waals surface area contributed by atoms with Gasteiger partial charge in [-0.1, -0.05) is 43.7 Å². The Balaban J connectivity index is 1.93. The fraction of sp³-hybridized carbons (Fsp3) is 0.333. The number of benzene rings is 1. The molecule has 2 rings (SSSR count). The number of nitrogens with zero attached hydrogens (tertiary/aromatic N) is 1. The van der Waals surface area contributed by atoms with Crippen LogP contribution in [0.3, 0.4) is 0 Å². The highest BCUT2D eigenvalue weighted by atomic mass is 16.1. The van der Waals surface area contributed by atoms with E-state index < -0.39 is 0 Å². The van der Waals surface area contributed by atoms with Crippen LogP contribution in [0.1, 0.15) is 48.8 Å². The molecule has 4 nitrogen and oxygen atoms in total. The van der Waals surface area contributed by atoms with Crippen LogP contribution in [0.15, 0.2) is 48.7 Å². The maximum absolute atomic E-state index is 11.9. The minimum atomic E-state index is -0.115. The molecule has 0 aliphatic rings. The summed E-state index contributed by atoms with van der Waals surface area (Å²) in [6, 6.07) is 14.0. The van der Waals surface area contributed by atoms with Crippen molar-refractivity contribution in [3.63, 3.8) is 0 Å². The normalized spacial score (nSPS) is 11.7. The van der Waals surface area contributed by atoms with Crippen LogP contribution in [0.25, 0.3) is 0 Å². The Hall–Kier alpha value is -2.36. The highest BCUT2D eigenvalue weighted by molar-refractivity contribution is 5.92. The standard InChI is InChI=1S/C18H23N3O/c1-3-4-12-19-18(22)17-11-10-16(13-20-17)21-14(2)15-8-6-5-7-9-15/h5-11,13-14,21H,3-4,12H2,1-2H3,(H,19,22). The van der Waals surface area contributed by atoms with Crippen molar-refractivity contribution in [2.75, 3.05) is 11.9 Å². The van der Waals surface area contributed by atoms with Gasteiger partial charge in [-0.15, -0.1) is 0 Å².